The molecule has 2 aromatic rings. The second-order valence-corrected chi connectivity index (χ2v) is 4.88. The topological polar surface area (TPSA) is 71.0 Å². The summed E-state index contributed by atoms with van der Waals surface area (Å²) in [6, 6.07) is 5.30. The van der Waals surface area contributed by atoms with Crippen molar-refractivity contribution in [3.63, 3.8) is 0 Å². The van der Waals surface area contributed by atoms with Crippen LogP contribution in [-0.2, 0) is 0 Å². The molecule has 7 heteroatoms. The van der Waals surface area contributed by atoms with Gasteiger partial charge >= 0.3 is 0 Å². The highest BCUT2D eigenvalue weighted by atomic mass is 35.5. The van der Waals surface area contributed by atoms with Gasteiger partial charge in [0.2, 0.25) is 5.16 Å². The van der Waals surface area contributed by atoms with Crippen LogP contribution in [0.5, 0.6) is 5.75 Å². The molecule has 0 amide bonds. The van der Waals surface area contributed by atoms with Crippen molar-refractivity contribution in [1.82, 2.24) is 15.2 Å². The summed E-state index contributed by atoms with van der Waals surface area (Å²) >= 11 is 7.33. The molecular formula is C11H12ClN3O2S. The summed E-state index contributed by atoms with van der Waals surface area (Å²) < 4.78 is 5.25. The Morgan fingerprint density at radius 3 is 3.06 bits per heavy atom. The number of aliphatic hydroxyl groups excluding tert-OH is 1. The molecule has 0 aliphatic carbocycles. The quantitative estimate of drug-likeness (QED) is 0.824. The van der Waals surface area contributed by atoms with Crippen molar-refractivity contribution in [1.29, 1.82) is 0 Å². The number of nitrogens with one attached hydrogen (secondary N) is 1. The number of benzene rings is 1. The monoisotopic (exact) mass is 285 g/mol. The smallest absolute Gasteiger partial charge is 0.208 e. The lowest BCUT2D eigenvalue weighted by molar-refractivity contribution is 0.322. The number of aromatic amines is 1. The van der Waals surface area contributed by atoms with Crippen LogP contribution in [0.3, 0.4) is 0 Å². The number of hydrogen-bond acceptors (Lipinski definition) is 5. The molecule has 2 rings (SSSR count). The lowest BCUT2D eigenvalue weighted by Crippen LogP contribution is -1.89. The fraction of sp³-hybridized carbons (Fsp3) is 0.273. The molecular weight excluding hydrogens is 274 g/mol. The molecule has 5 nitrogen and oxygen atoms in total. The molecule has 1 aromatic carbocycles. The molecule has 0 saturated carbocycles. The Labute approximate surface area is 114 Å². The SMILES string of the molecule is COc1ccc(Cl)cc1-c1nc(SCCO)n[nH]1. The fourth-order valence-electron chi connectivity index (χ4n) is 1.43. The molecule has 0 unspecified atom stereocenters. The van der Waals surface area contributed by atoms with E-state index in [4.69, 9.17) is 21.4 Å². The lowest BCUT2D eigenvalue weighted by atomic mass is 10.2. The molecule has 18 heavy (non-hydrogen) atoms. The number of ether oxygens (including phenoxy) is 1. The van der Waals surface area contributed by atoms with E-state index >= 15 is 0 Å². The largest absolute Gasteiger partial charge is 0.496 e. The maximum Gasteiger partial charge on any atom is 0.208 e. The van der Waals surface area contributed by atoms with Crippen molar-refractivity contribution in [2.75, 3.05) is 19.5 Å². The second kappa shape index (κ2) is 6.08. The van der Waals surface area contributed by atoms with Gasteiger partial charge in [0, 0.05) is 10.8 Å². The Balaban J connectivity index is 2.30. The first kappa shape index (κ1) is 13.2. The van der Waals surface area contributed by atoms with Gasteiger partial charge in [-0.15, -0.1) is 5.10 Å². The summed E-state index contributed by atoms with van der Waals surface area (Å²) in [6.45, 7) is 0.0923. The zero-order chi connectivity index (χ0) is 13.0. The molecule has 96 valence electrons. The molecule has 0 fully saturated rings. The van der Waals surface area contributed by atoms with E-state index in [9.17, 15) is 0 Å². The zero-order valence-electron chi connectivity index (χ0n) is 9.68. The number of hydrogen-bond donors (Lipinski definition) is 2. The van der Waals surface area contributed by atoms with E-state index in [1.165, 1.54) is 11.8 Å². The van der Waals surface area contributed by atoms with Crippen LogP contribution >= 0.6 is 23.4 Å². The van der Waals surface area contributed by atoms with E-state index in [1.54, 1.807) is 25.3 Å². The molecule has 2 N–H and O–H groups in total. The Bertz CT molecular complexity index is 533. The molecule has 0 aliphatic heterocycles. The first-order valence-corrected chi connectivity index (χ1v) is 6.61. The third-order valence-corrected chi connectivity index (χ3v) is 3.27. The first-order valence-electron chi connectivity index (χ1n) is 5.24. The molecule has 0 aliphatic rings. The molecule has 1 aromatic heterocycles. The van der Waals surface area contributed by atoms with Gasteiger partial charge < -0.3 is 9.84 Å². The van der Waals surface area contributed by atoms with Crippen LogP contribution < -0.4 is 4.74 Å². The summed E-state index contributed by atoms with van der Waals surface area (Å²) in [5.74, 6) is 1.83. The Morgan fingerprint density at radius 2 is 2.33 bits per heavy atom. The van der Waals surface area contributed by atoms with E-state index in [1.807, 2.05) is 0 Å². The number of rotatable bonds is 5. The van der Waals surface area contributed by atoms with Gasteiger partial charge in [-0.05, 0) is 18.2 Å². The molecule has 0 bridgehead atoms. The second-order valence-electron chi connectivity index (χ2n) is 3.38. The predicted octanol–water partition coefficient (Wildman–Crippen LogP) is 2.22. The lowest BCUT2D eigenvalue weighted by Gasteiger charge is -2.05. The summed E-state index contributed by atoms with van der Waals surface area (Å²) in [6.07, 6.45) is 0. The van der Waals surface area contributed by atoms with Gasteiger partial charge in [-0.2, -0.15) is 0 Å². The number of nitrogens with zero attached hydrogens (tertiary/aromatic N) is 2. The third kappa shape index (κ3) is 2.95. The van der Waals surface area contributed by atoms with E-state index in [0.717, 1.165) is 5.56 Å². The number of methoxy groups -OCH3 is 1. The van der Waals surface area contributed by atoms with Crippen LogP contribution in [0.1, 0.15) is 0 Å². The van der Waals surface area contributed by atoms with Gasteiger partial charge in [-0.1, -0.05) is 23.4 Å². The number of thioether (sulfide) groups is 1. The van der Waals surface area contributed by atoms with Gasteiger partial charge in [0.05, 0.1) is 19.3 Å². The van der Waals surface area contributed by atoms with Crippen LogP contribution in [0.4, 0.5) is 0 Å². The Hall–Kier alpha value is -1.24. The predicted molar refractivity (Wildman–Crippen MR) is 71.2 cm³/mol. The average Bonchev–Trinajstić information content (AvgIpc) is 2.85. The Morgan fingerprint density at radius 1 is 1.50 bits per heavy atom. The van der Waals surface area contributed by atoms with Gasteiger partial charge in [-0.25, -0.2) is 4.98 Å². The molecule has 1 heterocycles. The van der Waals surface area contributed by atoms with E-state index in [0.29, 0.717) is 27.5 Å². The van der Waals surface area contributed by atoms with Gasteiger partial charge in [0.25, 0.3) is 0 Å². The molecule has 0 atom stereocenters. The molecule has 0 radical (unpaired) electrons. The number of H-pyrrole nitrogens is 1. The summed E-state index contributed by atoms with van der Waals surface area (Å²) in [5, 5.41) is 16.8. The van der Waals surface area contributed by atoms with Gasteiger partial charge in [0.15, 0.2) is 5.82 Å². The third-order valence-electron chi connectivity index (χ3n) is 2.20. The fourth-order valence-corrected chi connectivity index (χ4v) is 2.15. The molecule has 0 spiro atoms. The van der Waals surface area contributed by atoms with Crippen LogP contribution in [-0.4, -0.2) is 39.8 Å². The normalized spacial score (nSPS) is 10.6. The highest BCUT2D eigenvalue weighted by Gasteiger charge is 2.11. The maximum absolute atomic E-state index is 8.75. The minimum Gasteiger partial charge on any atom is -0.496 e. The van der Waals surface area contributed by atoms with E-state index in [2.05, 4.69) is 15.2 Å². The highest BCUT2D eigenvalue weighted by molar-refractivity contribution is 7.99. The van der Waals surface area contributed by atoms with Crippen molar-refractivity contribution in [2.24, 2.45) is 0 Å². The van der Waals surface area contributed by atoms with E-state index < -0.39 is 0 Å². The van der Waals surface area contributed by atoms with E-state index in [-0.39, 0.29) is 6.61 Å². The summed E-state index contributed by atoms with van der Waals surface area (Å²) in [5.41, 5.74) is 0.758. The first-order chi connectivity index (χ1) is 8.74. The highest BCUT2D eigenvalue weighted by Crippen LogP contribution is 2.30. The Kier molecular flexibility index (Phi) is 4.46. The van der Waals surface area contributed by atoms with Crippen molar-refractivity contribution < 1.29 is 9.84 Å². The number of aromatic nitrogens is 3. The zero-order valence-corrected chi connectivity index (χ0v) is 11.3. The van der Waals surface area contributed by atoms with Crippen molar-refractivity contribution in [3.05, 3.63) is 23.2 Å². The van der Waals surface area contributed by atoms with Crippen LogP contribution in [0.25, 0.3) is 11.4 Å². The van der Waals surface area contributed by atoms with Crippen molar-refractivity contribution in [3.8, 4) is 17.1 Å². The summed E-state index contributed by atoms with van der Waals surface area (Å²) in [4.78, 5) is 4.31. The van der Waals surface area contributed by atoms with Crippen LogP contribution in [0.2, 0.25) is 5.02 Å². The standard InChI is InChI=1S/C11H12ClN3O2S/c1-17-9-3-2-7(12)6-8(9)10-13-11(15-14-10)18-5-4-16/h2-3,6,16H,4-5H2,1H3,(H,13,14,15). The average molecular weight is 286 g/mol. The van der Waals surface area contributed by atoms with Crippen LogP contribution in [0, 0.1) is 0 Å². The van der Waals surface area contributed by atoms with Gasteiger partial charge in [0.1, 0.15) is 5.75 Å². The van der Waals surface area contributed by atoms with Crippen molar-refractivity contribution in [2.45, 2.75) is 5.16 Å². The number of aliphatic hydroxyl groups is 1. The number of halogens is 1. The molecule has 0 saturated heterocycles. The maximum atomic E-state index is 8.75. The minimum atomic E-state index is 0.0923. The minimum absolute atomic E-state index is 0.0923. The summed E-state index contributed by atoms with van der Waals surface area (Å²) in [7, 11) is 1.59. The van der Waals surface area contributed by atoms with Crippen molar-refractivity contribution >= 4 is 23.4 Å². The van der Waals surface area contributed by atoms with Crippen LogP contribution in [0.15, 0.2) is 23.4 Å². The van der Waals surface area contributed by atoms with Gasteiger partial charge in [-0.3, -0.25) is 5.10 Å².